The molecule has 1 aromatic heterocycles. The Morgan fingerprint density at radius 3 is 2.43 bits per heavy atom. The van der Waals surface area contributed by atoms with E-state index < -0.39 is 10.0 Å². The van der Waals surface area contributed by atoms with E-state index in [0.29, 0.717) is 11.4 Å². The van der Waals surface area contributed by atoms with Crippen LogP contribution in [0.5, 0.6) is 0 Å². The van der Waals surface area contributed by atoms with Gasteiger partial charge < -0.3 is 9.88 Å². The number of likely N-dealkylation sites (N-methyl/N-ethyl adjacent to an activating group) is 2. The molecule has 1 heterocycles. The summed E-state index contributed by atoms with van der Waals surface area (Å²) in [6.45, 7) is 7.25. The molecule has 0 amide bonds. The van der Waals surface area contributed by atoms with Gasteiger partial charge in [-0.05, 0) is 19.2 Å². The van der Waals surface area contributed by atoms with Gasteiger partial charge in [0.2, 0.25) is 10.0 Å². The fraction of sp³-hybridized carbons (Fsp3) is 0.467. The van der Waals surface area contributed by atoms with Crippen molar-refractivity contribution in [3.05, 3.63) is 30.5 Å². The number of nitrogens with one attached hydrogen (secondary N) is 1. The fourth-order valence-electron chi connectivity index (χ4n) is 2.37. The molecule has 0 saturated carbocycles. The van der Waals surface area contributed by atoms with Crippen LogP contribution in [0.25, 0.3) is 10.9 Å². The number of H-pyrrole nitrogens is 1. The topological polar surface area (TPSA) is 56.4 Å². The molecule has 2 rings (SSSR count). The molecule has 0 bridgehead atoms. The Kier molecular flexibility index (Phi) is 5.03. The number of benzene rings is 1. The molecule has 0 radical (unpaired) electrons. The van der Waals surface area contributed by atoms with E-state index in [1.165, 1.54) is 4.31 Å². The predicted molar refractivity (Wildman–Crippen MR) is 85.9 cm³/mol. The molecule has 0 spiro atoms. The van der Waals surface area contributed by atoms with Crippen LogP contribution in [0.15, 0.2) is 35.4 Å². The SMILES string of the molecule is CCN(CC)CCN(C)S(=O)(=O)c1c[nH]c2ccccc12. The van der Waals surface area contributed by atoms with Gasteiger partial charge in [-0.15, -0.1) is 0 Å². The zero-order chi connectivity index (χ0) is 15.5. The highest BCUT2D eigenvalue weighted by molar-refractivity contribution is 7.89. The van der Waals surface area contributed by atoms with Crippen LogP contribution in [-0.2, 0) is 10.0 Å². The van der Waals surface area contributed by atoms with Crippen molar-refractivity contribution >= 4 is 20.9 Å². The van der Waals surface area contributed by atoms with Crippen molar-refractivity contribution in [1.29, 1.82) is 0 Å². The molecule has 1 N–H and O–H groups in total. The zero-order valence-corrected chi connectivity index (χ0v) is 13.7. The van der Waals surface area contributed by atoms with Gasteiger partial charge in [-0.3, -0.25) is 0 Å². The molecular formula is C15H23N3O2S. The third-order valence-electron chi connectivity index (χ3n) is 3.87. The van der Waals surface area contributed by atoms with Crippen molar-refractivity contribution in [2.45, 2.75) is 18.7 Å². The van der Waals surface area contributed by atoms with Gasteiger partial charge in [0.15, 0.2) is 0 Å². The van der Waals surface area contributed by atoms with Crippen molar-refractivity contribution in [3.63, 3.8) is 0 Å². The van der Waals surface area contributed by atoms with Gasteiger partial charge in [-0.2, -0.15) is 4.31 Å². The first-order valence-corrected chi connectivity index (χ1v) is 8.69. The molecule has 0 aliphatic carbocycles. The number of hydrogen-bond acceptors (Lipinski definition) is 3. The van der Waals surface area contributed by atoms with Crippen molar-refractivity contribution in [1.82, 2.24) is 14.2 Å². The Labute approximate surface area is 126 Å². The van der Waals surface area contributed by atoms with Crippen LogP contribution in [0.2, 0.25) is 0 Å². The summed E-state index contributed by atoms with van der Waals surface area (Å²) in [6, 6.07) is 7.45. The summed E-state index contributed by atoms with van der Waals surface area (Å²) in [6.07, 6.45) is 1.58. The lowest BCUT2D eigenvalue weighted by atomic mass is 10.2. The minimum Gasteiger partial charge on any atom is -0.360 e. The van der Waals surface area contributed by atoms with E-state index >= 15 is 0 Å². The number of aromatic nitrogens is 1. The standard InChI is InChI=1S/C15H23N3O2S/c1-4-18(5-2)11-10-17(3)21(19,20)15-12-16-14-9-7-6-8-13(14)15/h6-9,12,16H,4-5,10-11H2,1-3H3. The van der Waals surface area contributed by atoms with E-state index in [9.17, 15) is 8.42 Å². The highest BCUT2D eigenvalue weighted by atomic mass is 32.2. The van der Waals surface area contributed by atoms with Gasteiger partial charge in [0.05, 0.1) is 0 Å². The summed E-state index contributed by atoms with van der Waals surface area (Å²) >= 11 is 0. The van der Waals surface area contributed by atoms with Crippen molar-refractivity contribution in [2.75, 3.05) is 33.2 Å². The van der Waals surface area contributed by atoms with E-state index in [4.69, 9.17) is 0 Å². The molecule has 5 nitrogen and oxygen atoms in total. The largest absolute Gasteiger partial charge is 0.360 e. The molecule has 1 aromatic carbocycles. The molecular weight excluding hydrogens is 286 g/mol. The smallest absolute Gasteiger partial charge is 0.244 e. The summed E-state index contributed by atoms with van der Waals surface area (Å²) in [5.41, 5.74) is 0.841. The maximum absolute atomic E-state index is 12.7. The first kappa shape index (κ1) is 16.0. The number of sulfonamides is 1. The van der Waals surface area contributed by atoms with Gasteiger partial charge in [-0.1, -0.05) is 32.0 Å². The molecule has 2 aromatic rings. The molecule has 0 aliphatic heterocycles. The van der Waals surface area contributed by atoms with Crippen LogP contribution < -0.4 is 0 Å². The van der Waals surface area contributed by atoms with Gasteiger partial charge >= 0.3 is 0 Å². The van der Waals surface area contributed by atoms with E-state index in [1.807, 2.05) is 24.3 Å². The quantitative estimate of drug-likeness (QED) is 0.852. The first-order valence-electron chi connectivity index (χ1n) is 7.25. The monoisotopic (exact) mass is 309 g/mol. The Bertz CT molecular complexity index is 690. The highest BCUT2D eigenvalue weighted by Crippen LogP contribution is 2.24. The Morgan fingerprint density at radius 1 is 1.10 bits per heavy atom. The van der Waals surface area contributed by atoms with Crippen LogP contribution in [-0.4, -0.2) is 55.8 Å². The number of para-hydroxylation sites is 1. The summed E-state index contributed by atoms with van der Waals surface area (Å²) in [5, 5.41) is 0.743. The number of fused-ring (bicyclic) bond motifs is 1. The summed E-state index contributed by atoms with van der Waals surface area (Å²) in [5.74, 6) is 0. The molecule has 0 saturated heterocycles. The van der Waals surface area contributed by atoms with E-state index in [-0.39, 0.29) is 0 Å². The molecule has 21 heavy (non-hydrogen) atoms. The zero-order valence-electron chi connectivity index (χ0n) is 12.8. The Morgan fingerprint density at radius 2 is 1.76 bits per heavy atom. The third-order valence-corrected chi connectivity index (χ3v) is 5.76. The Hall–Kier alpha value is -1.37. The molecule has 116 valence electrons. The van der Waals surface area contributed by atoms with E-state index in [1.54, 1.807) is 13.2 Å². The fourth-order valence-corrected chi connectivity index (χ4v) is 3.69. The maximum Gasteiger partial charge on any atom is 0.244 e. The molecule has 0 aliphatic rings. The average Bonchev–Trinajstić information content (AvgIpc) is 2.92. The van der Waals surface area contributed by atoms with Crippen LogP contribution in [0, 0.1) is 0 Å². The maximum atomic E-state index is 12.7. The molecule has 0 atom stereocenters. The number of rotatable bonds is 7. The van der Waals surface area contributed by atoms with Crippen LogP contribution >= 0.6 is 0 Å². The summed E-state index contributed by atoms with van der Waals surface area (Å²) < 4.78 is 26.8. The van der Waals surface area contributed by atoms with Gasteiger partial charge in [0.25, 0.3) is 0 Å². The highest BCUT2D eigenvalue weighted by Gasteiger charge is 2.24. The van der Waals surface area contributed by atoms with Crippen molar-refractivity contribution < 1.29 is 8.42 Å². The second-order valence-electron chi connectivity index (χ2n) is 5.05. The first-order chi connectivity index (χ1) is 10.0. The van der Waals surface area contributed by atoms with Crippen LogP contribution in [0.3, 0.4) is 0 Å². The van der Waals surface area contributed by atoms with Crippen LogP contribution in [0.1, 0.15) is 13.8 Å². The molecule has 6 heteroatoms. The van der Waals surface area contributed by atoms with Gasteiger partial charge in [0, 0.05) is 37.2 Å². The summed E-state index contributed by atoms with van der Waals surface area (Å²) in [7, 11) is -1.82. The normalized spacial score (nSPS) is 12.6. The van der Waals surface area contributed by atoms with E-state index in [2.05, 4.69) is 23.7 Å². The molecule has 0 fully saturated rings. The number of hydrogen-bond donors (Lipinski definition) is 1. The van der Waals surface area contributed by atoms with Gasteiger partial charge in [-0.25, -0.2) is 8.42 Å². The minimum atomic E-state index is -3.46. The number of aromatic amines is 1. The van der Waals surface area contributed by atoms with Crippen molar-refractivity contribution in [3.8, 4) is 0 Å². The second-order valence-corrected chi connectivity index (χ2v) is 7.07. The minimum absolute atomic E-state index is 0.347. The molecule has 0 unspecified atom stereocenters. The van der Waals surface area contributed by atoms with Gasteiger partial charge in [0.1, 0.15) is 4.90 Å². The lowest BCUT2D eigenvalue weighted by Gasteiger charge is -2.22. The second kappa shape index (κ2) is 6.60. The van der Waals surface area contributed by atoms with E-state index in [0.717, 1.165) is 30.5 Å². The summed E-state index contributed by atoms with van der Waals surface area (Å²) in [4.78, 5) is 5.58. The van der Waals surface area contributed by atoms with Crippen LogP contribution in [0.4, 0.5) is 0 Å². The lowest BCUT2D eigenvalue weighted by molar-refractivity contribution is 0.282. The number of nitrogens with zero attached hydrogens (tertiary/aromatic N) is 2. The Balaban J connectivity index is 2.21. The van der Waals surface area contributed by atoms with Crippen molar-refractivity contribution in [2.24, 2.45) is 0 Å². The lowest BCUT2D eigenvalue weighted by Crippen LogP contribution is -2.36. The predicted octanol–water partition coefficient (Wildman–Crippen LogP) is 2.13. The average molecular weight is 309 g/mol. The third kappa shape index (κ3) is 3.28.